The first-order chi connectivity index (χ1) is 4.74. The van der Waals surface area contributed by atoms with Crippen LogP contribution in [0.2, 0.25) is 0 Å². The maximum Gasteiger partial charge on any atom is 0.234 e. The van der Waals surface area contributed by atoms with Crippen LogP contribution in [0.1, 0.15) is 11.1 Å². The fraction of sp³-hybridized carbons (Fsp3) is 0.125. The van der Waals surface area contributed by atoms with E-state index in [0.29, 0.717) is 5.56 Å². The molecular weight excluding hydrogens is 239 g/mol. The standard InChI is InChI=1S/C8H6IO/c1-6-2-3-7(5-10)8(9)4-6/h2-4H,1H3. The van der Waals surface area contributed by atoms with Crippen LogP contribution in [0, 0.1) is 10.5 Å². The highest BCUT2D eigenvalue weighted by Crippen LogP contribution is 2.11. The zero-order valence-corrected chi connectivity index (χ0v) is 7.68. The lowest BCUT2D eigenvalue weighted by molar-refractivity contribution is 0.562. The highest BCUT2D eigenvalue weighted by Gasteiger charge is 1.96. The summed E-state index contributed by atoms with van der Waals surface area (Å²) in [7, 11) is 0. The molecular formula is C8H6IO. The van der Waals surface area contributed by atoms with Crippen LogP contribution in [0.15, 0.2) is 18.2 Å². The van der Waals surface area contributed by atoms with Crippen LogP contribution in [0.25, 0.3) is 0 Å². The molecule has 2 heteroatoms. The largest absolute Gasteiger partial charge is 0.285 e. The molecule has 0 saturated heterocycles. The molecule has 0 atom stereocenters. The van der Waals surface area contributed by atoms with Crippen molar-refractivity contribution >= 4 is 28.9 Å². The molecule has 10 heavy (non-hydrogen) atoms. The zero-order valence-electron chi connectivity index (χ0n) is 5.52. The van der Waals surface area contributed by atoms with Crippen molar-refractivity contribution in [1.82, 2.24) is 0 Å². The predicted molar refractivity (Wildman–Crippen MR) is 48.7 cm³/mol. The minimum Gasteiger partial charge on any atom is -0.285 e. The molecule has 1 nitrogen and oxygen atoms in total. The minimum absolute atomic E-state index is 0.645. The number of halogens is 1. The highest BCUT2D eigenvalue weighted by atomic mass is 127. The Kier molecular flexibility index (Phi) is 2.43. The lowest BCUT2D eigenvalue weighted by Gasteiger charge is -1.95. The van der Waals surface area contributed by atoms with E-state index < -0.39 is 0 Å². The number of hydrogen-bond acceptors (Lipinski definition) is 1. The summed E-state index contributed by atoms with van der Waals surface area (Å²) < 4.78 is 0.965. The normalized spacial score (nSPS) is 9.40. The Balaban J connectivity index is 3.19. The first kappa shape index (κ1) is 7.72. The lowest BCUT2D eigenvalue weighted by atomic mass is 10.2. The van der Waals surface area contributed by atoms with E-state index in [1.165, 1.54) is 5.56 Å². The Morgan fingerprint density at radius 3 is 2.70 bits per heavy atom. The molecule has 0 fully saturated rings. The van der Waals surface area contributed by atoms with E-state index >= 15 is 0 Å². The van der Waals surface area contributed by atoms with Gasteiger partial charge in [-0.3, -0.25) is 4.79 Å². The van der Waals surface area contributed by atoms with Crippen LogP contribution >= 0.6 is 22.6 Å². The van der Waals surface area contributed by atoms with Crippen LogP contribution in [-0.2, 0) is 4.79 Å². The fourth-order valence-corrected chi connectivity index (χ4v) is 1.48. The maximum absolute atomic E-state index is 10.2. The monoisotopic (exact) mass is 245 g/mol. The van der Waals surface area contributed by atoms with E-state index in [1.54, 1.807) is 6.07 Å². The SMILES string of the molecule is Cc1ccc([C]=O)c(I)c1. The van der Waals surface area contributed by atoms with Crippen LogP contribution in [0.4, 0.5) is 0 Å². The summed E-state index contributed by atoms with van der Waals surface area (Å²) in [6, 6.07) is 5.65. The van der Waals surface area contributed by atoms with E-state index in [9.17, 15) is 4.79 Å². The molecule has 0 aliphatic heterocycles. The quantitative estimate of drug-likeness (QED) is 0.692. The summed E-state index contributed by atoms with van der Waals surface area (Å²) in [5, 5.41) is 0. The van der Waals surface area contributed by atoms with Gasteiger partial charge in [0.1, 0.15) is 0 Å². The number of carbonyl (C=O) groups excluding carboxylic acids is 1. The number of rotatable bonds is 1. The van der Waals surface area contributed by atoms with Gasteiger partial charge < -0.3 is 0 Å². The molecule has 0 aliphatic rings. The van der Waals surface area contributed by atoms with Crippen molar-refractivity contribution in [2.24, 2.45) is 0 Å². The lowest BCUT2D eigenvalue weighted by Crippen LogP contribution is -1.85. The van der Waals surface area contributed by atoms with Crippen LogP contribution in [-0.4, -0.2) is 6.29 Å². The van der Waals surface area contributed by atoms with Crippen molar-refractivity contribution < 1.29 is 4.79 Å². The summed E-state index contributed by atoms with van der Waals surface area (Å²) in [5.41, 5.74) is 1.81. The second-order valence-corrected chi connectivity index (χ2v) is 3.25. The average Bonchev–Trinajstić information content (AvgIpc) is 1.88. The molecule has 1 aromatic rings. The summed E-state index contributed by atoms with van der Waals surface area (Å²) >= 11 is 2.12. The summed E-state index contributed by atoms with van der Waals surface area (Å²) in [4.78, 5) is 10.2. The number of aryl methyl sites for hydroxylation is 1. The van der Waals surface area contributed by atoms with E-state index in [4.69, 9.17) is 0 Å². The van der Waals surface area contributed by atoms with E-state index in [1.807, 2.05) is 25.3 Å². The Morgan fingerprint density at radius 1 is 1.50 bits per heavy atom. The van der Waals surface area contributed by atoms with Crippen molar-refractivity contribution in [3.63, 3.8) is 0 Å². The topological polar surface area (TPSA) is 17.1 Å². The van der Waals surface area contributed by atoms with E-state index in [-0.39, 0.29) is 0 Å². The third-order valence-corrected chi connectivity index (χ3v) is 2.13. The number of benzene rings is 1. The molecule has 0 bridgehead atoms. The van der Waals surface area contributed by atoms with Gasteiger partial charge in [-0.1, -0.05) is 11.6 Å². The molecule has 0 N–H and O–H groups in total. The van der Waals surface area contributed by atoms with E-state index in [0.717, 1.165) is 3.57 Å². The molecule has 0 heterocycles. The van der Waals surface area contributed by atoms with Crippen molar-refractivity contribution in [3.05, 3.63) is 32.9 Å². The predicted octanol–water partition coefficient (Wildman–Crippen LogP) is 2.06. The van der Waals surface area contributed by atoms with Gasteiger partial charge in [-0.05, 0) is 41.6 Å². The molecule has 0 aromatic heterocycles. The second-order valence-electron chi connectivity index (χ2n) is 2.09. The summed E-state index contributed by atoms with van der Waals surface area (Å²) in [5.74, 6) is 0. The third kappa shape index (κ3) is 1.56. The van der Waals surface area contributed by atoms with Gasteiger partial charge in [-0.25, -0.2) is 0 Å². The molecule has 0 amide bonds. The van der Waals surface area contributed by atoms with Crippen LogP contribution < -0.4 is 0 Å². The Bertz CT molecular complexity index is 255. The average molecular weight is 245 g/mol. The van der Waals surface area contributed by atoms with Gasteiger partial charge in [0.2, 0.25) is 6.29 Å². The van der Waals surface area contributed by atoms with Crippen molar-refractivity contribution in [1.29, 1.82) is 0 Å². The van der Waals surface area contributed by atoms with Crippen LogP contribution in [0.5, 0.6) is 0 Å². The van der Waals surface area contributed by atoms with Crippen molar-refractivity contribution in [2.75, 3.05) is 0 Å². The minimum atomic E-state index is 0.645. The van der Waals surface area contributed by atoms with Crippen molar-refractivity contribution in [2.45, 2.75) is 6.92 Å². The van der Waals surface area contributed by atoms with Gasteiger partial charge in [0.05, 0.1) is 0 Å². The van der Waals surface area contributed by atoms with Crippen LogP contribution in [0.3, 0.4) is 0 Å². The zero-order chi connectivity index (χ0) is 7.56. The van der Waals surface area contributed by atoms with Gasteiger partial charge in [-0.15, -0.1) is 0 Å². The van der Waals surface area contributed by atoms with Gasteiger partial charge >= 0.3 is 0 Å². The Labute approximate surface area is 73.6 Å². The summed E-state index contributed by atoms with van der Waals surface area (Å²) in [6.07, 6.45) is 1.86. The van der Waals surface area contributed by atoms with Gasteiger partial charge in [0.25, 0.3) is 0 Å². The Hall–Kier alpha value is -0.380. The maximum atomic E-state index is 10.2. The first-order valence-electron chi connectivity index (χ1n) is 2.88. The molecule has 51 valence electrons. The van der Waals surface area contributed by atoms with Gasteiger partial charge in [0, 0.05) is 9.13 Å². The fourth-order valence-electron chi connectivity index (χ4n) is 0.703. The molecule has 0 unspecified atom stereocenters. The molecule has 1 radical (unpaired) electrons. The third-order valence-electron chi connectivity index (χ3n) is 1.23. The van der Waals surface area contributed by atoms with Crippen molar-refractivity contribution in [3.8, 4) is 0 Å². The molecule has 0 spiro atoms. The first-order valence-corrected chi connectivity index (χ1v) is 3.96. The molecule has 1 rings (SSSR count). The number of hydrogen-bond donors (Lipinski definition) is 0. The molecule has 0 saturated carbocycles. The van der Waals surface area contributed by atoms with Gasteiger partial charge in [0.15, 0.2) is 0 Å². The Morgan fingerprint density at radius 2 is 2.20 bits per heavy atom. The van der Waals surface area contributed by atoms with Gasteiger partial charge in [-0.2, -0.15) is 0 Å². The second kappa shape index (κ2) is 3.14. The summed E-state index contributed by atoms with van der Waals surface area (Å²) in [6.45, 7) is 2.00. The van der Waals surface area contributed by atoms with E-state index in [2.05, 4.69) is 22.6 Å². The molecule has 1 aromatic carbocycles. The molecule has 0 aliphatic carbocycles. The highest BCUT2D eigenvalue weighted by molar-refractivity contribution is 14.1. The smallest absolute Gasteiger partial charge is 0.234 e.